The predicted octanol–water partition coefficient (Wildman–Crippen LogP) is 2.09. The minimum absolute atomic E-state index is 0.0372. The van der Waals surface area contributed by atoms with E-state index in [9.17, 15) is 9.59 Å². The summed E-state index contributed by atoms with van der Waals surface area (Å²) < 4.78 is 5.97. The second-order valence-electron chi connectivity index (χ2n) is 6.31. The molecule has 2 heterocycles. The van der Waals surface area contributed by atoms with Crippen molar-refractivity contribution < 1.29 is 9.32 Å². The molecule has 0 spiro atoms. The van der Waals surface area contributed by atoms with E-state index in [1.54, 1.807) is 24.5 Å². The van der Waals surface area contributed by atoms with Gasteiger partial charge in [-0.1, -0.05) is 29.4 Å². The molecule has 0 aliphatic heterocycles. The van der Waals surface area contributed by atoms with Crippen LogP contribution in [-0.4, -0.2) is 20.6 Å². The number of amides is 1. The van der Waals surface area contributed by atoms with Gasteiger partial charge in [0.25, 0.3) is 0 Å². The van der Waals surface area contributed by atoms with Crippen LogP contribution in [0.2, 0.25) is 0 Å². The monoisotopic (exact) mass is 350 g/mol. The van der Waals surface area contributed by atoms with E-state index in [-0.39, 0.29) is 18.5 Å². The lowest BCUT2D eigenvalue weighted by Crippen LogP contribution is -2.35. The fourth-order valence-corrected chi connectivity index (χ4v) is 3.40. The Balaban J connectivity index is 1.54. The highest BCUT2D eigenvalue weighted by Crippen LogP contribution is 2.29. The van der Waals surface area contributed by atoms with Crippen LogP contribution in [0, 0.1) is 0 Å². The van der Waals surface area contributed by atoms with Crippen molar-refractivity contribution >= 4 is 5.91 Å². The first-order valence-electron chi connectivity index (χ1n) is 8.56. The number of aromatic nitrogens is 3. The number of carbonyl (C=O) groups excluding carboxylic acids is 1. The molecule has 0 saturated carbocycles. The van der Waals surface area contributed by atoms with Crippen molar-refractivity contribution in [2.75, 3.05) is 0 Å². The SMILES string of the molecule is O=C(Cn1c(-c2cccnc2)noc1=O)N[C@H]1CCCc2ccccc21. The number of benzene rings is 1. The smallest absolute Gasteiger partial charge is 0.348 e. The summed E-state index contributed by atoms with van der Waals surface area (Å²) in [6, 6.07) is 11.6. The molecule has 7 heteroatoms. The van der Waals surface area contributed by atoms with Gasteiger partial charge in [-0.2, -0.15) is 0 Å². The van der Waals surface area contributed by atoms with Crippen molar-refractivity contribution in [2.45, 2.75) is 31.8 Å². The Morgan fingerprint density at radius 3 is 3.00 bits per heavy atom. The lowest BCUT2D eigenvalue weighted by Gasteiger charge is -2.26. The zero-order chi connectivity index (χ0) is 17.9. The van der Waals surface area contributed by atoms with Gasteiger partial charge in [0.05, 0.1) is 6.04 Å². The van der Waals surface area contributed by atoms with E-state index < -0.39 is 5.76 Å². The second kappa shape index (κ2) is 6.95. The van der Waals surface area contributed by atoms with Crippen LogP contribution in [0.1, 0.15) is 30.0 Å². The van der Waals surface area contributed by atoms with Crippen molar-refractivity contribution in [1.29, 1.82) is 0 Å². The maximum absolute atomic E-state index is 12.6. The summed E-state index contributed by atoms with van der Waals surface area (Å²) in [6.45, 7) is -0.148. The first-order valence-corrected chi connectivity index (χ1v) is 8.56. The largest absolute Gasteiger partial charge is 0.442 e. The van der Waals surface area contributed by atoms with Crippen LogP contribution < -0.4 is 11.1 Å². The van der Waals surface area contributed by atoms with Gasteiger partial charge in [-0.15, -0.1) is 0 Å². The van der Waals surface area contributed by atoms with Crippen LogP contribution in [0.25, 0.3) is 11.4 Å². The molecule has 3 aromatic rings. The zero-order valence-corrected chi connectivity index (χ0v) is 14.1. The molecule has 132 valence electrons. The van der Waals surface area contributed by atoms with E-state index in [1.807, 2.05) is 18.2 Å². The molecule has 2 aromatic heterocycles. The van der Waals surface area contributed by atoms with Gasteiger partial charge in [-0.3, -0.25) is 14.3 Å². The lowest BCUT2D eigenvalue weighted by molar-refractivity contribution is -0.122. The van der Waals surface area contributed by atoms with Gasteiger partial charge in [-0.25, -0.2) is 9.36 Å². The molecule has 4 rings (SSSR count). The third-order valence-electron chi connectivity index (χ3n) is 4.61. The van der Waals surface area contributed by atoms with E-state index >= 15 is 0 Å². The molecule has 26 heavy (non-hydrogen) atoms. The van der Waals surface area contributed by atoms with Crippen molar-refractivity contribution in [1.82, 2.24) is 20.0 Å². The lowest BCUT2D eigenvalue weighted by atomic mass is 9.88. The molecule has 1 aliphatic carbocycles. The van der Waals surface area contributed by atoms with Gasteiger partial charge in [0.15, 0.2) is 5.82 Å². The molecule has 1 amide bonds. The Labute approximate surface area is 149 Å². The molecule has 0 bridgehead atoms. The zero-order valence-electron chi connectivity index (χ0n) is 14.1. The standard InChI is InChI=1S/C19H18N4O3/c24-17(21-16-9-3-6-13-5-1-2-8-15(13)16)12-23-18(22-26-19(23)25)14-7-4-10-20-11-14/h1-2,4-5,7-8,10-11,16H,3,6,9,12H2,(H,21,24)/t16-/m0/s1. The number of nitrogens with one attached hydrogen (secondary N) is 1. The molecule has 1 N–H and O–H groups in total. The number of nitrogens with zero attached hydrogens (tertiary/aromatic N) is 3. The fraction of sp³-hybridized carbons (Fsp3) is 0.263. The molecule has 7 nitrogen and oxygen atoms in total. The van der Waals surface area contributed by atoms with Gasteiger partial charge >= 0.3 is 5.76 Å². The second-order valence-corrected chi connectivity index (χ2v) is 6.31. The van der Waals surface area contributed by atoms with Crippen LogP contribution in [0.4, 0.5) is 0 Å². The highest BCUT2D eigenvalue weighted by molar-refractivity contribution is 5.77. The summed E-state index contributed by atoms with van der Waals surface area (Å²) in [4.78, 5) is 28.6. The Kier molecular flexibility index (Phi) is 4.35. The van der Waals surface area contributed by atoms with Gasteiger partial charge < -0.3 is 5.32 Å². The molecule has 1 atom stereocenters. The fourth-order valence-electron chi connectivity index (χ4n) is 3.40. The summed E-state index contributed by atoms with van der Waals surface area (Å²) in [7, 11) is 0. The van der Waals surface area contributed by atoms with Crippen LogP contribution >= 0.6 is 0 Å². The Bertz CT molecular complexity index is 978. The normalized spacial score (nSPS) is 16.1. The van der Waals surface area contributed by atoms with Gasteiger partial charge in [0.1, 0.15) is 6.54 Å². The van der Waals surface area contributed by atoms with E-state index in [0.29, 0.717) is 11.4 Å². The maximum atomic E-state index is 12.6. The highest BCUT2D eigenvalue weighted by atomic mass is 16.5. The first-order chi connectivity index (χ1) is 12.7. The quantitative estimate of drug-likeness (QED) is 0.778. The summed E-state index contributed by atoms with van der Waals surface area (Å²) >= 11 is 0. The van der Waals surface area contributed by atoms with E-state index in [1.165, 1.54) is 10.1 Å². The molecule has 1 aromatic carbocycles. The minimum Gasteiger partial charge on any atom is -0.348 e. The Morgan fingerprint density at radius 1 is 1.27 bits per heavy atom. The van der Waals surface area contributed by atoms with Crippen molar-refractivity contribution in [2.24, 2.45) is 0 Å². The Morgan fingerprint density at radius 2 is 2.15 bits per heavy atom. The Hall–Kier alpha value is -3.22. The van der Waals surface area contributed by atoms with Crippen molar-refractivity contribution in [3.05, 3.63) is 70.5 Å². The third-order valence-corrected chi connectivity index (χ3v) is 4.61. The summed E-state index contributed by atoms with van der Waals surface area (Å²) in [5, 5.41) is 6.81. The first kappa shape index (κ1) is 16.3. The summed E-state index contributed by atoms with van der Waals surface area (Å²) in [6.07, 6.45) is 6.13. The van der Waals surface area contributed by atoms with Crippen LogP contribution in [0.15, 0.2) is 58.1 Å². The molecular weight excluding hydrogens is 332 g/mol. The number of hydrogen-bond acceptors (Lipinski definition) is 5. The number of rotatable bonds is 4. The summed E-state index contributed by atoms with van der Waals surface area (Å²) in [5.41, 5.74) is 3.04. The molecule has 0 unspecified atom stereocenters. The van der Waals surface area contributed by atoms with Crippen molar-refractivity contribution in [3.63, 3.8) is 0 Å². The molecule has 0 saturated heterocycles. The average molecular weight is 350 g/mol. The maximum Gasteiger partial charge on any atom is 0.442 e. The number of carbonyl (C=O) groups is 1. The molecule has 1 aliphatic rings. The minimum atomic E-state index is -0.664. The number of pyridine rings is 1. The average Bonchev–Trinajstić information content (AvgIpc) is 3.03. The number of fused-ring (bicyclic) bond motifs is 1. The van der Waals surface area contributed by atoms with Crippen LogP contribution in [-0.2, 0) is 17.8 Å². The highest BCUT2D eigenvalue weighted by Gasteiger charge is 2.23. The van der Waals surface area contributed by atoms with Crippen LogP contribution in [0.3, 0.4) is 0 Å². The molecular formula is C19H18N4O3. The van der Waals surface area contributed by atoms with Gasteiger partial charge in [0.2, 0.25) is 5.91 Å². The number of aryl methyl sites for hydroxylation is 1. The van der Waals surface area contributed by atoms with E-state index in [2.05, 4.69) is 21.5 Å². The van der Waals surface area contributed by atoms with E-state index in [4.69, 9.17) is 4.52 Å². The van der Waals surface area contributed by atoms with Gasteiger partial charge in [-0.05, 0) is 42.5 Å². The third kappa shape index (κ3) is 3.15. The summed E-state index contributed by atoms with van der Waals surface area (Å²) in [5.74, 6) is -0.618. The van der Waals surface area contributed by atoms with Gasteiger partial charge in [0, 0.05) is 18.0 Å². The molecule has 0 radical (unpaired) electrons. The molecule has 0 fully saturated rings. The van der Waals surface area contributed by atoms with E-state index in [0.717, 1.165) is 24.8 Å². The van der Waals surface area contributed by atoms with Crippen LogP contribution in [0.5, 0.6) is 0 Å². The number of hydrogen-bond donors (Lipinski definition) is 1. The van der Waals surface area contributed by atoms with Crippen molar-refractivity contribution in [3.8, 4) is 11.4 Å². The predicted molar refractivity (Wildman–Crippen MR) is 94.3 cm³/mol. The topological polar surface area (TPSA) is 90.0 Å².